The molecule has 0 unspecified atom stereocenters. The molecule has 2 heterocycles. The molecule has 146 valence electrons. The molecule has 4 nitrogen and oxygen atoms in total. The van der Waals surface area contributed by atoms with Crippen molar-refractivity contribution in [2.75, 3.05) is 6.54 Å². The summed E-state index contributed by atoms with van der Waals surface area (Å²) in [6, 6.07) is 22.3. The average molecular weight is 402 g/mol. The van der Waals surface area contributed by atoms with E-state index >= 15 is 0 Å². The van der Waals surface area contributed by atoms with Gasteiger partial charge in [-0.3, -0.25) is 9.48 Å². The Morgan fingerprint density at radius 3 is 2.55 bits per heavy atom. The number of aromatic nitrogens is 2. The number of benzene rings is 2. The molecule has 0 spiro atoms. The first kappa shape index (κ1) is 19.2. The van der Waals surface area contributed by atoms with Gasteiger partial charge in [0.15, 0.2) is 0 Å². The first-order valence-electron chi connectivity index (χ1n) is 9.72. The lowest BCUT2D eigenvalue weighted by Gasteiger charge is -2.22. The van der Waals surface area contributed by atoms with Crippen LogP contribution in [-0.4, -0.2) is 27.1 Å². The highest BCUT2D eigenvalue weighted by Gasteiger charge is 2.18. The van der Waals surface area contributed by atoms with Gasteiger partial charge in [0.05, 0.1) is 13.1 Å². The van der Waals surface area contributed by atoms with Gasteiger partial charge in [-0.25, -0.2) is 0 Å². The van der Waals surface area contributed by atoms with Crippen LogP contribution in [0, 0.1) is 0 Å². The second-order valence-corrected chi connectivity index (χ2v) is 7.88. The molecule has 4 rings (SSSR count). The van der Waals surface area contributed by atoms with Crippen LogP contribution in [-0.2, 0) is 13.1 Å². The molecule has 0 fully saturated rings. The van der Waals surface area contributed by atoms with E-state index in [9.17, 15) is 4.79 Å². The Labute approximate surface area is 175 Å². The first-order valence-corrected chi connectivity index (χ1v) is 10.6. The monoisotopic (exact) mass is 401 g/mol. The second kappa shape index (κ2) is 8.88. The highest BCUT2D eigenvalue weighted by atomic mass is 32.1. The van der Waals surface area contributed by atoms with Gasteiger partial charge in [0.25, 0.3) is 5.91 Å². The van der Waals surface area contributed by atoms with Crippen LogP contribution < -0.4 is 0 Å². The smallest absolute Gasteiger partial charge is 0.254 e. The molecule has 1 amide bonds. The summed E-state index contributed by atoms with van der Waals surface area (Å²) >= 11 is 1.68. The van der Waals surface area contributed by atoms with E-state index in [-0.39, 0.29) is 5.91 Å². The fourth-order valence-corrected chi connectivity index (χ4v) is 4.10. The maximum Gasteiger partial charge on any atom is 0.254 e. The molecule has 4 aromatic rings. The molecule has 2 aromatic carbocycles. The van der Waals surface area contributed by atoms with Gasteiger partial charge in [-0.1, -0.05) is 48.5 Å². The van der Waals surface area contributed by atoms with E-state index in [0.29, 0.717) is 13.1 Å². The molecular weight excluding hydrogens is 378 g/mol. The van der Waals surface area contributed by atoms with Crippen molar-refractivity contribution >= 4 is 17.2 Å². The molecule has 0 aliphatic heterocycles. The van der Waals surface area contributed by atoms with Crippen molar-refractivity contribution in [2.24, 2.45) is 0 Å². The number of nitrogens with zero attached hydrogens (tertiary/aromatic N) is 3. The predicted octanol–water partition coefficient (Wildman–Crippen LogP) is 5.32. The zero-order valence-electron chi connectivity index (χ0n) is 16.4. The van der Waals surface area contributed by atoms with Crippen LogP contribution in [0.2, 0.25) is 0 Å². The zero-order chi connectivity index (χ0) is 20.1. The van der Waals surface area contributed by atoms with Crippen LogP contribution in [0.25, 0.3) is 11.1 Å². The molecule has 5 heteroatoms. The highest BCUT2D eigenvalue weighted by molar-refractivity contribution is 7.09. The molecule has 0 aliphatic carbocycles. The van der Waals surface area contributed by atoms with E-state index in [0.717, 1.165) is 23.2 Å². The van der Waals surface area contributed by atoms with Gasteiger partial charge in [-0.2, -0.15) is 5.10 Å². The molecule has 0 saturated heterocycles. The largest absolute Gasteiger partial charge is 0.334 e. The molecule has 2 aromatic heterocycles. The van der Waals surface area contributed by atoms with E-state index in [1.54, 1.807) is 17.5 Å². The molecule has 0 atom stereocenters. The molecule has 29 heavy (non-hydrogen) atoms. The normalized spacial score (nSPS) is 10.8. The SMILES string of the molecule is CCN(Cc1cccs1)C(=O)c1ccccc1-c1ccc(Cn2cccn2)cc1. The Hall–Kier alpha value is -3.18. The van der Waals surface area contributed by atoms with Crippen LogP contribution >= 0.6 is 11.3 Å². The third-order valence-corrected chi connectivity index (χ3v) is 5.78. The molecular formula is C24H23N3OS. The quantitative estimate of drug-likeness (QED) is 0.420. The molecule has 0 aliphatic rings. The Balaban J connectivity index is 1.58. The van der Waals surface area contributed by atoms with Gasteiger partial charge in [-0.05, 0) is 47.2 Å². The lowest BCUT2D eigenvalue weighted by molar-refractivity contribution is 0.0755. The summed E-state index contributed by atoms with van der Waals surface area (Å²) < 4.78 is 1.90. The summed E-state index contributed by atoms with van der Waals surface area (Å²) in [6.45, 7) is 4.08. The van der Waals surface area contributed by atoms with Crippen LogP contribution in [0.3, 0.4) is 0 Å². The summed E-state index contributed by atoms with van der Waals surface area (Å²) in [5.41, 5.74) is 3.93. The zero-order valence-corrected chi connectivity index (χ0v) is 17.2. The third-order valence-electron chi connectivity index (χ3n) is 4.92. The minimum atomic E-state index is 0.0668. The number of amides is 1. The van der Waals surface area contributed by atoms with Crippen molar-refractivity contribution in [3.05, 3.63) is 101 Å². The molecule has 0 N–H and O–H groups in total. The minimum Gasteiger partial charge on any atom is -0.334 e. The number of hydrogen-bond donors (Lipinski definition) is 0. The van der Waals surface area contributed by atoms with E-state index in [2.05, 4.69) is 35.4 Å². The van der Waals surface area contributed by atoms with E-state index in [1.165, 1.54) is 10.4 Å². The van der Waals surface area contributed by atoms with Crippen molar-refractivity contribution in [3.8, 4) is 11.1 Å². The van der Waals surface area contributed by atoms with Crippen molar-refractivity contribution in [2.45, 2.75) is 20.0 Å². The van der Waals surface area contributed by atoms with Gasteiger partial charge in [0.1, 0.15) is 0 Å². The standard InChI is InChI=1S/C24H23N3OS/c1-2-26(18-21-7-5-16-29-21)24(28)23-9-4-3-8-22(23)20-12-10-19(11-13-20)17-27-15-6-14-25-27/h3-16H,2,17-18H2,1H3. The Kier molecular flexibility index (Phi) is 5.86. The van der Waals surface area contributed by atoms with Gasteiger partial charge < -0.3 is 4.90 Å². The van der Waals surface area contributed by atoms with Crippen molar-refractivity contribution in [1.29, 1.82) is 0 Å². The maximum atomic E-state index is 13.3. The van der Waals surface area contributed by atoms with E-state index < -0.39 is 0 Å². The minimum absolute atomic E-state index is 0.0668. The number of thiophene rings is 1. The summed E-state index contributed by atoms with van der Waals surface area (Å²) in [6.07, 6.45) is 3.74. The van der Waals surface area contributed by atoms with Crippen LogP contribution in [0.4, 0.5) is 0 Å². The average Bonchev–Trinajstić information content (AvgIpc) is 3.46. The summed E-state index contributed by atoms with van der Waals surface area (Å²) in [4.78, 5) is 16.4. The molecule has 0 bridgehead atoms. The summed E-state index contributed by atoms with van der Waals surface area (Å²) in [7, 11) is 0. The maximum absolute atomic E-state index is 13.3. The molecule has 0 radical (unpaired) electrons. The van der Waals surface area contributed by atoms with Crippen LogP contribution in [0.15, 0.2) is 84.5 Å². The topological polar surface area (TPSA) is 38.1 Å². The van der Waals surface area contributed by atoms with Gasteiger partial charge in [0.2, 0.25) is 0 Å². The predicted molar refractivity (Wildman–Crippen MR) is 118 cm³/mol. The number of carbonyl (C=O) groups is 1. The van der Waals surface area contributed by atoms with Crippen LogP contribution in [0.1, 0.15) is 27.7 Å². The van der Waals surface area contributed by atoms with Crippen molar-refractivity contribution < 1.29 is 4.79 Å². The summed E-state index contributed by atoms with van der Waals surface area (Å²) in [5.74, 6) is 0.0668. The van der Waals surface area contributed by atoms with Gasteiger partial charge >= 0.3 is 0 Å². The number of rotatable bonds is 7. The fourth-order valence-electron chi connectivity index (χ4n) is 3.38. The van der Waals surface area contributed by atoms with Gasteiger partial charge in [-0.15, -0.1) is 11.3 Å². The Morgan fingerprint density at radius 1 is 1.03 bits per heavy atom. The summed E-state index contributed by atoms with van der Waals surface area (Å²) in [5, 5.41) is 6.30. The van der Waals surface area contributed by atoms with E-state index in [4.69, 9.17) is 0 Å². The third kappa shape index (κ3) is 4.46. The van der Waals surface area contributed by atoms with Crippen LogP contribution in [0.5, 0.6) is 0 Å². The highest BCUT2D eigenvalue weighted by Crippen LogP contribution is 2.26. The second-order valence-electron chi connectivity index (χ2n) is 6.84. The molecule has 0 saturated carbocycles. The lowest BCUT2D eigenvalue weighted by Crippen LogP contribution is -2.30. The van der Waals surface area contributed by atoms with Crippen molar-refractivity contribution in [1.82, 2.24) is 14.7 Å². The number of carbonyl (C=O) groups excluding carboxylic acids is 1. The van der Waals surface area contributed by atoms with Gasteiger partial charge in [0, 0.05) is 29.4 Å². The lowest BCUT2D eigenvalue weighted by atomic mass is 9.97. The number of hydrogen-bond acceptors (Lipinski definition) is 3. The Bertz CT molecular complexity index is 1050. The Morgan fingerprint density at radius 2 is 1.86 bits per heavy atom. The van der Waals surface area contributed by atoms with E-state index in [1.807, 2.05) is 64.5 Å². The van der Waals surface area contributed by atoms with Crippen molar-refractivity contribution in [3.63, 3.8) is 0 Å². The fraction of sp³-hybridized carbons (Fsp3) is 0.167. The first-order chi connectivity index (χ1) is 14.2.